The number of benzene rings is 2. The van der Waals surface area contributed by atoms with E-state index in [0.717, 1.165) is 6.21 Å². The van der Waals surface area contributed by atoms with Crippen molar-refractivity contribution in [1.29, 1.82) is 0 Å². The third-order valence-corrected chi connectivity index (χ3v) is 2.64. The second kappa shape index (κ2) is 6.43. The lowest BCUT2D eigenvalue weighted by Crippen LogP contribution is -2.08. The number of nitrogens with zero attached hydrogens (tertiary/aromatic N) is 1. The third-order valence-electron chi connectivity index (χ3n) is 2.64. The largest absolute Gasteiger partial charge is 0.508 e. The number of aromatic hydroxyl groups is 1. The molecular weight excluding hydrogens is 254 g/mol. The van der Waals surface area contributed by atoms with Crippen molar-refractivity contribution < 1.29 is 14.7 Å². The molecular formula is C16H13NO3. The van der Waals surface area contributed by atoms with Crippen molar-refractivity contribution >= 4 is 23.5 Å². The van der Waals surface area contributed by atoms with Gasteiger partial charge in [-0.2, -0.15) is 0 Å². The molecule has 0 atom stereocenters. The minimum atomic E-state index is -0.355. The van der Waals surface area contributed by atoms with Gasteiger partial charge in [-0.1, -0.05) is 30.3 Å². The van der Waals surface area contributed by atoms with E-state index in [1.165, 1.54) is 12.1 Å². The average Bonchev–Trinajstić information content (AvgIpc) is 2.47. The van der Waals surface area contributed by atoms with Crippen molar-refractivity contribution in [2.45, 2.75) is 6.42 Å². The maximum absolute atomic E-state index is 11.8. The number of hydrogen-bond donors (Lipinski definition) is 1. The molecule has 0 aliphatic heterocycles. The normalized spacial score (nSPS) is 10.6. The number of phenolic OH excluding ortho intramolecular Hbond substituents is 1. The minimum absolute atomic E-state index is 0.134. The van der Waals surface area contributed by atoms with E-state index in [0.29, 0.717) is 11.3 Å². The van der Waals surface area contributed by atoms with E-state index in [4.69, 9.17) is 5.11 Å². The quantitative estimate of drug-likeness (QED) is 0.514. The molecule has 0 heterocycles. The van der Waals surface area contributed by atoms with Crippen LogP contribution in [0.2, 0.25) is 0 Å². The molecule has 2 rings (SSSR count). The summed E-state index contributed by atoms with van der Waals surface area (Å²) in [6.45, 7) is 0. The summed E-state index contributed by atoms with van der Waals surface area (Å²) < 4.78 is 0. The number of aliphatic imine (C=N–C) groups is 1. The van der Waals surface area contributed by atoms with Gasteiger partial charge in [-0.25, -0.2) is 0 Å². The Bertz CT molecular complexity index is 631. The lowest BCUT2D eigenvalue weighted by molar-refractivity contribution is -0.111. The Hall–Kier alpha value is -2.75. The summed E-state index contributed by atoms with van der Waals surface area (Å²) in [6.07, 6.45) is 0.929. The molecule has 0 radical (unpaired) electrons. The van der Waals surface area contributed by atoms with Gasteiger partial charge < -0.3 is 5.11 Å². The number of carbonyl (C=O) groups excluding carboxylic acids is 2. The summed E-state index contributed by atoms with van der Waals surface area (Å²) in [7, 11) is 0. The smallest absolute Gasteiger partial charge is 0.181 e. The van der Waals surface area contributed by atoms with Gasteiger partial charge in [0.1, 0.15) is 5.75 Å². The first-order valence-corrected chi connectivity index (χ1v) is 6.09. The second-order valence-electron chi connectivity index (χ2n) is 4.21. The van der Waals surface area contributed by atoms with Crippen LogP contribution in [0.3, 0.4) is 0 Å². The summed E-state index contributed by atoms with van der Waals surface area (Å²) in [6, 6.07) is 14.8. The molecule has 2 aromatic carbocycles. The zero-order chi connectivity index (χ0) is 14.4. The highest BCUT2D eigenvalue weighted by molar-refractivity contribution is 6.33. The van der Waals surface area contributed by atoms with Crippen LogP contribution in [0.25, 0.3) is 0 Å². The number of ketones is 2. The second-order valence-corrected chi connectivity index (χ2v) is 4.21. The van der Waals surface area contributed by atoms with Crippen LogP contribution in [0.1, 0.15) is 16.8 Å². The fourth-order valence-electron chi connectivity index (χ4n) is 1.62. The van der Waals surface area contributed by atoms with Crippen molar-refractivity contribution in [2.24, 2.45) is 4.99 Å². The standard InChI is InChI=1S/C16H13NO3/c18-14-8-6-13(7-9-14)17-11-15(19)10-16(20)12-4-2-1-3-5-12/h1-9,11,18H,10H2. The predicted molar refractivity (Wildman–Crippen MR) is 76.7 cm³/mol. The topological polar surface area (TPSA) is 66.7 Å². The fourth-order valence-corrected chi connectivity index (χ4v) is 1.62. The van der Waals surface area contributed by atoms with E-state index in [1.807, 2.05) is 6.07 Å². The zero-order valence-electron chi connectivity index (χ0n) is 10.7. The first-order valence-electron chi connectivity index (χ1n) is 6.09. The van der Waals surface area contributed by atoms with Crippen molar-refractivity contribution in [1.82, 2.24) is 0 Å². The van der Waals surface area contributed by atoms with Gasteiger partial charge in [-0.3, -0.25) is 14.6 Å². The Kier molecular flexibility index (Phi) is 4.39. The molecule has 0 fully saturated rings. The Labute approximate surface area is 116 Å². The van der Waals surface area contributed by atoms with Crippen molar-refractivity contribution in [3.05, 3.63) is 60.2 Å². The van der Waals surface area contributed by atoms with Crippen LogP contribution in [-0.4, -0.2) is 22.9 Å². The van der Waals surface area contributed by atoms with E-state index in [2.05, 4.69) is 4.99 Å². The molecule has 0 spiro atoms. The number of hydrogen-bond acceptors (Lipinski definition) is 4. The van der Waals surface area contributed by atoms with Crippen LogP contribution in [-0.2, 0) is 4.79 Å². The molecule has 0 saturated heterocycles. The summed E-state index contributed by atoms with van der Waals surface area (Å²) in [5, 5.41) is 9.12. The highest BCUT2D eigenvalue weighted by atomic mass is 16.3. The molecule has 0 unspecified atom stereocenters. The van der Waals surface area contributed by atoms with E-state index in [9.17, 15) is 9.59 Å². The first-order chi connectivity index (χ1) is 9.65. The summed E-state index contributed by atoms with van der Waals surface area (Å²) in [4.78, 5) is 27.4. The molecule has 0 amide bonds. The van der Waals surface area contributed by atoms with Crippen molar-refractivity contribution in [3.8, 4) is 5.75 Å². The minimum Gasteiger partial charge on any atom is -0.508 e. The van der Waals surface area contributed by atoms with Crippen LogP contribution >= 0.6 is 0 Å². The fraction of sp³-hybridized carbons (Fsp3) is 0.0625. The molecule has 0 aromatic heterocycles. The highest BCUT2D eigenvalue weighted by Crippen LogP contribution is 2.16. The zero-order valence-corrected chi connectivity index (χ0v) is 10.7. The maximum Gasteiger partial charge on any atom is 0.181 e. The van der Waals surface area contributed by atoms with Crippen LogP contribution in [0.4, 0.5) is 5.69 Å². The van der Waals surface area contributed by atoms with Crippen LogP contribution in [0.5, 0.6) is 5.75 Å². The Balaban J connectivity index is 1.96. The maximum atomic E-state index is 11.8. The first kappa shape index (κ1) is 13.7. The van der Waals surface area contributed by atoms with Gasteiger partial charge >= 0.3 is 0 Å². The van der Waals surface area contributed by atoms with Gasteiger partial charge in [0.25, 0.3) is 0 Å². The van der Waals surface area contributed by atoms with E-state index >= 15 is 0 Å². The number of phenols is 1. The van der Waals surface area contributed by atoms with Gasteiger partial charge in [0.15, 0.2) is 11.6 Å². The van der Waals surface area contributed by atoms with Crippen molar-refractivity contribution in [3.63, 3.8) is 0 Å². The summed E-state index contributed by atoms with van der Waals surface area (Å²) in [5.74, 6) is -0.450. The van der Waals surface area contributed by atoms with Crippen molar-refractivity contribution in [2.75, 3.05) is 0 Å². The average molecular weight is 267 g/mol. The molecule has 2 aromatic rings. The molecule has 0 saturated carbocycles. The van der Waals surface area contributed by atoms with Gasteiger partial charge in [0, 0.05) is 5.56 Å². The Morgan fingerprint density at radius 3 is 2.30 bits per heavy atom. The van der Waals surface area contributed by atoms with Gasteiger partial charge in [0.05, 0.1) is 18.3 Å². The number of rotatable bonds is 5. The lowest BCUT2D eigenvalue weighted by Gasteiger charge is -1.97. The van der Waals surface area contributed by atoms with Crippen LogP contribution < -0.4 is 0 Å². The van der Waals surface area contributed by atoms with E-state index < -0.39 is 0 Å². The molecule has 4 nitrogen and oxygen atoms in total. The number of carbonyl (C=O) groups is 2. The highest BCUT2D eigenvalue weighted by Gasteiger charge is 2.09. The van der Waals surface area contributed by atoms with E-state index in [1.54, 1.807) is 36.4 Å². The molecule has 4 heteroatoms. The Morgan fingerprint density at radius 2 is 1.65 bits per heavy atom. The monoisotopic (exact) mass is 267 g/mol. The molecule has 0 aliphatic carbocycles. The van der Waals surface area contributed by atoms with Gasteiger partial charge in [-0.05, 0) is 24.3 Å². The molecule has 20 heavy (non-hydrogen) atoms. The van der Waals surface area contributed by atoms with Crippen LogP contribution in [0.15, 0.2) is 59.6 Å². The summed E-state index contributed by atoms with van der Waals surface area (Å²) in [5.41, 5.74) is 1.06. The Morgan fingerprint density at radius 1 is 1.00 bits per heavy atom. The molecule has 0 bridgehead atoms. The van der Waals surface area contributed by atoms with E-state index in [-0.39, 0.29) is 23.7 Å². The lowest BCUT2D eigenvalue weighted by atomic mass is 10.1. The molecule has 100 valence electrons. The SMILES string of the molecule is O=C(C=Nc1ccc(O)cc1)CC(=O)c1ccccc1. The number of Topliss-reactive ketones (excluding diaryl/α,β-unsaturated/α-hetero) is 2. The predicted octanol–water partition coefficient (Wildman–Crippen LogP) is 2.94. The van der Waals surface area contributed by atoms with Gasteiger partial charge in [-0.15, -0.1) is 0 Å². The molecule has 0 aliphatic rings. The third kappa shape index (κ3) is 3.88. The van der Waals surface area contributed by atoms with Gasteiger partial charge in [0.2, 0.25) is 0 Å². The summed E-state index contributed by atoms with van der Waals surface area (Å²) >= 11 is 0. The van der Waals surface area contributed by atoms with Crippen LogP contribution in [0, 0.1) is 0 Å². The molecule has 1 N–H and O–H groups in total.